The zero-order valence-corrected chi connectivity index (χ0v) is 10.7. The van der Waals surface area contributed by atoms with E-state index >= 15 is 0 Å². The van der Waals surface area contributed by atoms with Crippen LogP contribution in [0.3, 0.4) is 0 Å². The summed E-state index contributed by atoms with van der Waals surface area (Å²) in [5.41, 5.74) is 4.27. The van der Waals surface area contributed by atoms with Crippen molar-refractivity contribution >= 4 is 10.9 Å². The number of hydrogen-bond donors (Lipinski definition) is 1. The van der Waals surface area contributed by atoms with Crippen LogP contribution in [-0.2, 0) is 13.0 Å². The van der Waals surface area contributed by atoms with E-state index in [1.807, 2.05) is 0 Å². The fraction of sp³-hybridized carbons (Fsp3) is 0.467. The third-order valence-electron chi connectivity index (χ3n) is 4.13. The second-order valence-electron chi connectivity index (χ2n) is 5.11. The minimum atomic E-state index is 0. The Hall–Kier alpha value is -1.28. The summed E-state index contributed by atoms with van der Waals surface area (Å²) in [5.74, 6) is 0. The molecule has 1 aromatic heterocycles. The lowest BCUT2D eigenvalue weighted by Gasteiger charge is -2.31. The molecule has 0 bridgehead atoms. The van der Waals surface area contributed by atoms with Crippen molar-refractivity contribution in [2.45, 2.75) is 39.3 Å². The number of H-pyrrole nitrogens is 1. The van der Waals surface area contributed by atoms with Crippen LogP contribution in [0.2, 0.25) is 0 Å². The lowest BCUT2D eigenvalue weighted by Crippen LogP contribution is -2.37. The van der Waals surface area contributed by atoms with Gasteiger partial charge in [0, 0.05) is 37.2 Å². The van der Waals surface area contributed by atoms with Gasteiger partial charge in [-0.1, -0.05) is 25.1 Å². The van der Waals surface area contributed by atoms with E-state index in [2.05, 4.69) is 48.0 Å². The molecular formula is C15H22N2. The van der Waals surface area contributed by atoms with Gasteiger partial charge in [0.15, 0.2) is 0 Å². The number of nitrogens with one attached hydrogen (secondary N) is 1. The molecule has 1 unspecified atom stereocenters. The van der Waals surface area contributed by atoms with Crippen LogP contribution in [0.4, 0.5) is 0 Å². The molecule has 0 amide bonds. The molecule has 0 aliphatic carbocycles. The van der Waals surface area contributed by atoms with Gasteiger partial charge in [0.25, 0.3) is 0 Å². The molecule has 1 N–H and O–H groups in total. The number of hydrogen-bond acceptors (Lipinski definition) is 1. The van der Waals surface area contributed by atoms with E-state index in [-0.39, 0.29) is 1.43 Å². The van der Waals surface area contributed by atoms with Crippen LogP contribution >= 0.6 is 0 Å². The minimum absolute atomic E-state index is 0. The molecule has 0 saturated heterocycles. The molecule has 2 aromatic rings. The van der Waals surface area contributed by atoms with Crippen molar-refractivity contribution in [1.82, 2.24) is 9.88 Å². The average molecular weight is 230 g/mol. The summed E-state index contributed by atoms with van der Waals surface area (Å²) in [4.78, 5) is 6.16. The predicted octanol–water partition coefficient (Wildman–Crippen LogP) is 3.57. The number of nitrogens with zero attached hydrogens (tertiary/aromatic N) is 1. The molecule has 1 atom stereocenters. The summed E-state index contributed by atoms with van der Waals surface area (Å²) in [6.45, 7) is 6.88. The normalized spacial score (nSPS) is 18.2. The van der Waals surface area contributed by atoms with Crippen molar-refractivity contribution in [2.24, 2.45) is 0 Å². The Morgan fingerprint density at radius 1 is 1.41 bits per heavy atom. The maximum absolute atomic E-state index is 3.58. The first-order valence-electron chi connectivity index (χ1n) is 6.62. The first kappa shape index (κ1) is 10.8. The molecule has 17 heavy (non-hydrogen) atoms. The maximum atomic E-state index is 3.58. The van der Waals surface area contributed by atoms with Gasteiger partial charge in [0.1, 0.15) is 0 Å². The van der Waals surface area contributed by atoms with E-state index in [1.54, 1.807) is 5.56 Å². The van der Waals surface area contributed by atoms with E-state index in [1.165, 1.54) is 36.0 Å². The fourth-order valence-electron chi connectivity index (χ4n) is 2.85. The van der Waals surface area contributed by atoms with E-state index in [0.717, 1.165) is 6.54 Å². The second kappa shape index (κ2) is 4.19. The summed E-state index contributed by atoms with van der Waals surface area (Å²) in [6.07, 6.45) is 2.42. The van der Waals surface area contributed by atoms with Gasteiger partial charge in [-0.15, -0.1) is 0 Å². The van der Waals surface area contributed by atoms with Crippen molar-refractivity contribution < 1.29 is 1.43 Å². The Morgan fingerprint density at radius 3 is 3.06 bits per heavy atom. The van der Waals surface area contributed by atoms with Gasteiger partial charge in [0.2, 0.25) is 0 Å². The Labute approximate surface area is 104 Å². The monoisotopic (exact) mass is 230 g/mol. The van der Waals surface area contributed by atoms with Gasteiger partial charge >= 0.3 is 0 Å². The lowest BCUT2D eigenvalue weighted by atomic mass is 10.0. The topological polar surface area (TPSA) is 19.0 Å². The highest BCUT2D eigenvalue weighted by atomic mass is 15.2. The van der Waals surface area contributed by atoms with Crippen LogP contribution in [0.1, 0.15) is 33.0 Å². The molecule has 0 saturated carbocycles. The first-order valence-corrected chi connectivity index (χ1v) is 6.62. The predicted molar refractivity (Wildman–Crippen MR) is 74.3 cm³/mol. The number of benzene rings is 1. The van der Waals surface area contributed by atoms with Crippen LogP contribution < -0.4 is 0 Å². The standard InChI is InChI=1S/C15H20N2.H2/c1-3-11(2)17-9-8-13-12-6-4-5-7-14(12)16-15(13)10-17;/h4-7,11,16H,3,8-10H2,1-2H3;1H. The zero-order valence-electron chi connectivity index (χ0n) is 10.7. The number of aromatic amines is 1. The smallest absolute Gasteiger partial charge is 0.0459 e. The van der Waals surface area contributed by atoms with Gasteiger partial charge in [-0.25, -0.2) is 0 Å². The molecule has 1 aromatic carbocycles. The summed E-state index contributed by atoms with van der Waals surface area (Å²) >= 11 is 0. The van der Waals surface area contributed by atoms with Crippen LogP contribution in [-0.4, -0.2) is 22.5 Å². The number of fused-ring (bicyclic) bond motifs is 3. The van der Waals surface area contributed by atoms with Crippen LogP contribution in [0.15, 0.2) is 24.3 Å². The first-order chi connectivity index (χ1) is 8.29. The highest BCUT2D eigenvalue weighted by molar-refractivity contribution is 5.84. The molecule has 3 rings (SSSR count). The molecule has 1 aliphatic rings. The van der Waals surface area contributed by atoms with Gasteiger partial charge in [-0.05, 0) is 31.4 Å². The lowest BCUT2D eigenvalue weighted by molar-refractivity contribution is 0.185. The van der Waals surface area contributed by atoms with Crippen molar-refractivity contribution in [1.29, 1.82) is 0 Å². The van der Waals surface area contributed by atoms with E-state index in [4.69, 9.17) is 0 Å². The molecule has 0 radical (unpaired) electrons. The van der Waals surface area contributed by atoms with Gasteiger partial charge in [0.05, 0.1) is 0 Å². The van der Waals surface area contributed by atoms with E-state index < -0.39 is 0 Å². The summed E-state index contributed by atoms with van der Waals surface area (Å²) in [5, 5.41) is 1.42. The van der Waals surface area contributed by atoms with Crippen molar-refractivity contribution in [3.8, 4) is 0 Å². The molecule has 0 spiro atoms. The summed E-state index contributed by atoms with van der Waals surface area (Å²) in [6, 6.07) is 9.36. The van der Waals surface area contributed by atoms with E-state index in [0.29, 0.717) is 6.04 Å². The van der Waals surface area contributed by atoms with Crippen LogP contribution in [0.5, 0.6) is 0 Å². The zero-order chi connectivity index (χ0) is 11.8. The maximum Gasteiger partial charge on any atom is 0.0459 e. The van der Waals surface area contributed by atoms with Crippen molar-refractivity contribution in [3.05, 3.63) is 35.5 Å². The van der Waals surface area contributed by atoms with E-state index in [9.17, 15) is 0 Å². The van der Waals surface area contributed by atoms with Crippen LogP contribution in [0, 0.1) is 0 Å². The summed E-state index contributed by atoms with van der Waals surface area (Å²) in [7, 11) is 0. The number of para-hydroxylation sites is 1. The van der Waals surface area contributed by atoms with Gasteiger partial charge in [-0.3, -0.25) is 4.90 Å². The van der Waals surface area contributed by atoms with Gasteiger partial charge in [-0.2, -0.15) is 0 Å². The summed E-state index contributed by atoms with van der Waals surface area (Å²) < 4.78 is 0. The molecule has 0 fully saturated rings. The Morgan fingerprint density at radius 2 is 2.24 bits per heavy atom. The van der Waals surface area contributed by atoms with Crippen molar-refractivity contribution in [3.63, 3.8) is 0 Å². The van der Waals surface area contributed by atoms with Crippen molar-refractivity contribution in [2.75, 3.05) is 6.54 Å². The molecule has 92 valence electrons. The quantitative estimate of drug-likeness (QED) is 0.835. The minimum Gasteiger partial charge on any atom is -0.357 e. The number of rotatable bonds is 2. The molecule has 2 heteroatoms. The highest BCUT2D eigenvalue weighted by Crippen LogP contribution is 2.28. The van der Waals surface area contributed by atoms with Crippen LogP contribution in [0.25, 0.3) is 10.9 Å². The Balaban J connectivity index is 0.00000120. The third-order valence-corrected chi connectivity index (χ3v) is 4.13. The largest absolute Gasteiger partial charge is 0.357 e. The fourth-order valence-corrected chi connectivity index (χ4v) is 2.85. The molecule has 2 heterocycles. The third kappa shape index (κ3) is 1.77. The number of aromatic nitrogens is 1. The highest BCUT2D eigenvalue weighted by Gasteiger charge is 2.22. The SMILES string of the molecule is CCC(C)N1CCc2c([nH]c3ccccc23)C1.[HH]. The molecular weight excluding hydrogens is 208 g/mol. The second-order valence-corrected chi connectivity index (χ2v) is 5.11. The Bertz CT molecular complexity index is 532. The molecule has 2 nitrogen and oxygen atoms in total. The Kier molecular flexibility index (Phi) is 2.67. The molecule has 1 aliphatic heterocycles. The average Bonchev–Trinajstić information content (AvgIpc) is 2.75. The van der Waals surface area contributed by atoms with Gasteiger partial charge < -0.3 is 4.98 Å².